The minimum absolute atomic E-state index is 0.397. The summed E-state index contributed by atoms with van der Waals surface area (Å²) in [7, 11) is -1.02. The lowest BCUT2D eigenvalue weighted by Gasteiger charge is -2.29. The molecule has 0 aromatic carbocycles. The second-order valence-corrected chi connectivity index (χ2v) is 12.0. The lowest BCUT2D eigenvalue weighted by Crippen LogP contribution is -2.52. The standard InChI is InChI=1S/C9H25NO4Si3/c1-6-9-17(11-2,12-3)14-16(4,5)13-15-8-7-10/h6-10H2,1-5H3. The van der Waals surface area contributed by atoms with Crippen molar-refractivity contribution < 1.29 is 16.7 Å². The molecule has 0 bridgehead atoms. The van der Waals surface area contributed by atoms with Crippen molar-refractivity contribution in [2.45, 2.75) is 38.5 Å². The first kappa shape index (κ1) is 17.3. The van der Waals surface area contributed by atoms with Gasteiger partial charge in [-0.1, -0.05) is 19.4 Å². The summed E-state index contributed by atoms with van der Waals surface area (Å²) in [5, 5.41) is 0. The molecule has 0 aliphatic heterocycles. The average molecular weight is 296 g/mol. The maximum Gasteiger partial charge on any atom is 0.598 e. The first-order chi connectivity index (χ1) is 7.95. The van der Waals surface area contributed by atoms with Crippen molar-refractivity contribution in [3.8, 4) is 0 Å². The Morgan fingerprint density at radius 1 is 1.24 bits per heavy atom. The van der Waals surface area contributed by atoms with Gasteiger partial charge < -0.3 is 22.5 Å². The Kier molecular flexibility index (Phi) is 8.55. The molecule has 0 spiro atoms. The molecule has 0 amide bonds. The van der Waals surface area contributed by atoms with Crippen molar-refractivity contribution in [1.82, 2.24) is 0 Å². The Hall–Kier alpha value is 0.291. The van der Waals surface area contributed by atoms with E-state index in [0.717, 1.165) is 18.5 Å². The van der Waals surface area contributed by atoms with Gasteiger partial charge in [-0.15, -0.1) is 0 Å². The van der Waals surface area contributed by atoms with Crippen molar-refractivity contribution in [1.29, 1.82) is 0 Å². The van der Waals surface area contributed by atoms with Crippen LogP contribution in [0.4, 0.5) is 0 Å². The predicted octanol–water partition coefficient (Wildman–Crippen LogP) is 1.31. The maximum absolute atomic E-state index is 6.09. The number of hydrogen-bond acceptors (Lipinski definition) is 4. The Morgan fingerprint density at radius 2 is 1.82 bits per heavy atom. The van der Waals surface area contributed by atoms with Crippen LogP contribution in [-0.2, 0) is 16.7 Å². The number of nitrogens with two attached hydrogens (primary N) is 1. The fourth-order valence-electron chi connectivity index (χ4n) is 1.41. The van der Waals surface area contributed by atoms with Crippen molar-refractivity contribution >= 4 is 26.8 Å². The maximum atomic E-state index is 6.09. The highest BCUT2D eigenvalue weighted by Crippen LogP contribution is 2.20. The van der Waals surface area contributed by atoms with Crippen molar-refractivity contribution in [3.05, 3.63) is 0 Å². The van der Waals surface area contributed by atoms with Gasteiger partial charge in [-0.05, 0) is 6.54 Å². The van der Waals surface area contributed by atoms with Crippen LogP contribution < -0.4 is 5.73 Å². The van der Waals surface area contributed by atoms with Crippen LogP contribution in [0.3, 0.4) is 0 Å². The normalized spacial score (nSPS) is 13.5. The Balaban J connectivity index is 4.61. The van der Waals surface area contributed by atoms with E-state index in [2.05, 4.69) is 6.92 Å². The highest BCUT2D eigenvalue weighted by Gasteiger charge is 2.50. The molecule has 8 heteroatoms. The van der Waals surface area contributed by atoms with Gasteiger partial charge in [0.25, 0.3) is 0 Å². The third kappa shape index (κ3) is 6.70. The molecular weight excluding hydrogens is 270 g/mol. The van der Waals surface area contributed by atoms with Crippen LogP contribution >= 0.6 is 0 Å². The molecule has 0 rings (SSSR count). The Labute approximate surface area is 109 Å². The first-order valence-corrected chi connectivity index (χ1v) is 11.7. The van der Waals surface area contributed by atoms with Gasteiger partial charge in [0.15, 0.2) is 0 Å². The van der Waals surface area contributed by atoms with E-state index in [0.29, 0.717) is 16.0 Å². The molecular formula is C9H25NO4Si3. The summed E-state index contributed by atoms with van der Waals surface area (Å²) in [6.07, 6.45) is 0.976. The Morgan fingerprint density at radius 3 is 2.24 bits per heavy atom. The quantitative estimate of drug-likeness (QED) is 0.514. The SMILES string of the molecule is CCC[Si](OC)(OC)O[Si](C)(C)[O+]=[Si-]CCN. The second kappa shape index (κ2) is 8.40. The highest BCUT2D eigenvalue weighted by molar-refractivity contribution is 6.77. The topological polar surface area (TPSA) is 65.0 Å². The fraction of sp³-hybridized carbons (Fsp3) is 1.00. The molecule has 0 saturated heterocycles. The van der Waals surface area contributed by atoms with Crippen LogP contribution in [0.25, 0.3) is 0 Å². The lowest BCUT2D eigenvalue weighted by molar-refractivity contribution is 0.127. The van der Waals surface area contributed by atoms with E-state index in [9.17, 15) is 0 Å². The minimum Gasteiger partial charge on any atom is -0.670 e. The van der Waals surface area contributed by atoms with E-state index in [4.69, 9.17) is 22.5 Å². The molecule has 2 N–H and O–H groups in total. The molecule has 0 aliphatic rings. The molecule has 17 heavy (non-hydrogen) atoms. The lowest BCUT2D eigenvalue weighted by atomic mass is 10.6. The summed E-state index contributed by atoms with van der Waals surface area (Å²) in [5.74, 6) is 0. The van der Waals surface area contributed by atoms with Crippen LogP contribution in [-0.4, -0.2) is 47.5 Å². The molecule has 102 valence electrons. The van der Waals surface area contributed by atoms with Gasteiger partial charge in [-0.2, -0.15) is 0 Å². The minimum atomic E-state index is -2.53. The summed E-state index contributed by atoms with van der Waals surface area (Å²) in [5.41, 5.74) is 5.45. The zero-order valence-corrected chi connectivity index (χ0v) is 14.5. The van der Waals surface area contributed by atoms with E-state index in [1.807, 2.05) is 13.1 Å². The average Bonchev–Trinajstić information content (AvgIpc) is 2.28. The van der Waals surface area contributed by atoms with Gasteiger partial charge in [-0.25, -0.2) is 0 Å². The van der Waals surface area contributed by atoms with Gasteiger partial charge in [0.2, 0.25) is 0 Å². The van der Waals surface area contributed by atoms with E-state index in [-0.39, 0.29) is 0 Å². The molecule has 0 radical (unpaired) electrons. The summed E-state index contributed by atoms with van der Waals surface area (Å²) in [4.78, 5) is 0. The van der Waals surface area contributed by atoms with Gasteiger partial charge in [0.1, 0.15) is 0 Å². The van der Waals surface area contributed by atoms with E-state index in [1.54, 1.807) is 14.2 Å². The van der Waals surface area contributed by atoms with E-state index < -0.39 is 17.4 Å². The molecule has 0 heterocycles. The Bertz CT molecular complexity index is 234. The first-order valence-electron chi connectivity index (χ1n) is 5.86. The van der Waals surface area contributed by atoms with Crippen molar-refractivity contribution in [3.63, 3.8) is 0 Å². The van der Waals surface area contributed by atoms with Crippen molar-refractivity contribution in [2.75, 3.05) is 20.8 Å². The zero-order chi connectivity index (χ0) is 13.4. The molecule has 0 unspecified atom stereocenters. The highest BCUT2D eigenvalue weighted by atomic mass is 28.5. The van der Waals surface area contributed by atoms with Crippen LogP contribution in [0, 0.1) is 0 Å². The third-order valence-corrected chi connectivity index (χ3v) is 10.7. The second-order valence-electron chi connectivity index (χ2n) is 4.13. The van der Waals surface area contributed by atoms with Crippen LogP contribution in [0.5, 0.6) is 0 Å². The summed E-state index contributed by atoms with van der Waals surface area (Å²) in [6.45, 7) is 6.78. The zero-order valence-electron chi connectivity index (χ0n) is 11.5. The molecule has 0 saturated carbocycles. The smallest absolute Gasteiger partial charge is 0.598 e. The van der Waals surface area contributed by atoms with Crippen LogP contribution in [0.2, 0.25) is 25.2 Å². The predicted molar refractivity (Wildman–Crippen MR) is 73.7 cm³/mol. The molecule has 5 nitrogen and oxygen atoms in total. The van der Waals surface area contributed by atoms with E-state index >= 15 is 0 Å². The molecule has 0 atom stereocenters. The van der Waals surface area contributed by atoms with Gasteiger partial charge >= 0.3 is 17.4 Å². The van der Waals surface area contributed by atoms with Crippen LogP contribution in [0.15, 0.2) is 0 Å². The van der Waals surface area contributed by atoms with Gasteiger partial charge in [-0.3, -0.25) is 0 Å². The molecule has 0 fully saturated rings. The van der Waals surface area contributed by atoms with Gasteiger partial charge in [0, 0.05) is 33.4 Å². The molecule has 0 aromatic heterocycles. The largest absolute Gasteiger partial charge is 0.670 e. The fourth-order valence-corrected chi connectivity index (χ4v) is 9.12. The van der Waals surface area contributed by atoms with Gasteiger partial charge in [0.05, 0.1) is 9.41 Å². The van der Waals surface area contributed by atoms with Crippen LogP contribution in [0.1, 0.15) is 13.3 Å². The van der Waals surface area contributed by atoms with E-state index in [1.165, 1.54) is 0 Å². The monoisotopic (exact) mass is 295 g/mol. The molecule has 0 aliphatic carbocycles. The summed E-state index contributed by atoms with van der Waals surface area (Å²) >= 11 is 0. The number of rotatable bonds is 9. The van der Waals surface area contributed by atoms with Crippen molar-refractivity contribution in [2.24, 2.45) is 5.73 Å². The third-order valence-electron chi connectivity index (χ3n) is 2.14. The summed E-state index contributed by atoms with van der Waals surface area (Å²) < 4.78 is 22.9. The number of hydrogen-bond donors (Lipinski definition) is 1. The molecule has 0 aromatic rings. The summed E-state index contributed by atoms with van der Waals surface area (Å²) in [6, 6.07) is 1.70.